The average molecular weight is 278 g/mol. The molecule has 0 aliphatic carbocycles. The van der Waals surface area contributed by atoms with Gasteiger partial charge in [-0.1, -0.05) is 26.0 Å². The molecule has 1 aliphatic rings. The van der Waals surface area contributed by atoms with E-state index in [0.29, 0.717) is 5.75 Å². The first-order valence-corrected chi connectivity index (χ1v) is 7.31. The van der Waals surface area contributed by atoms with Gasteiger partial charge in [0, 0.05) is 49.8 Å². The summed E-state index contributed by atoms with van der Waals surface area (Å²) in [5, 5.41) is 23.5. The summed E-state index contributed by atoms with van der Waals surface area (Å²) in [7, 11) is 0. The fourth-order valence-corrected chi connectivity index (χ4v) is 3.02. The molecule has 2 rings (SSSR count). The van der Waals surface area contributed by atoms with Crippen LogP contribution in [0.1, 0.15) is 31.0 Å². The van der Waals surface area contributed by atoms with Crippen LogP contribution < -0.4 is 5.32 Å². The molecule has 1 aromatic carbocycles. The molecule has 0 saturated carbocycles. The average Bonchev–Trinajstić information content (AvgIpc) is 2.43. The van der Waals surface area contributed by atoms with Gasteiger partial charge >= 0.3 is 0 Å². The second kappa shape index (κ2) is 6.12. The lowest BCUT2D eigenvalue weighted by Gasteiger charge is -2.43. The summed E-state index contributed by atoms with van der Waals surface area (Å²) in [5.41, 5.74) is 1.66. The van der Waals surface area contributed by atoms with Crippen LogP contribution in [-0.4, -0.2) is 47.9 Å². The molecule has 0 radical (unpaired) electrons. The Morgan fingerprint density at radius 3 is 2.50 bits per heavy atom. The molecule has 1 atom stereocenters. The van der Waals surface area contributed by atoms with Crippen LogP contribution in [0, 0.1) is 12.3 Å². The molecule has 1 saturated heterocycles. The molecular formula is C16H26N2O2. The Labute approximate surface area is 121 Å². The third kappa shape index (κ3) is 3.14. The van der Waals surface area contributed by atoms with Crippen LogP contribution in [0.2, 0.25) is 0 Å². The summed E-state index contributed by atoms with van der Waals surface area (Å²) in [5.74, 6) is 0.329. The number of rotatable bonds is 4. The van der Waals surface area contributed by atoms with Crippen molar-refractivity contribution in [1.82, 2.24) is 10.2 Å². The van der Waals surface area contributed by atoms with Gasteiger partial charge in [-0.2, -0.15) is 0 Å². The Morgan fingerprint density at radius 2 is 1.95 bits per heavy atom. The van der Waals surface area contributed by atoms with E-state index in [-0.39, 0.29) is 18.1 Å². The highest BCUT2D eigenvalue weighted by Gasteiger charge is 2.36. The zero-order valence-corrected chi connectivity index (χ0v) is 12.7. The highest BCUT2D eigenvalue weighted by Crippen LogP contribution is 2.41. The number of phenols is 1. The number of hydrogen-bond acceptors (Lipinski definition) is 4. The number of benzene rings is 1. The van der Waals surface area contributed by atoms with Crippen LogP contribution in [0.5, 0.6) is 5.75 Å². The Balaban J connectivity index is 2.39. The van der Waals surface area contributed by atoms with Gasteiger partial charge in [-0.05, 0) is 18.6 Å². The van der Waals surface area contributed by atoms with Gasteiger partial charge in [0.1, 0.15) is 5.75 Å². The SMILES string of the molecule is Cc1ccc([C@H](N2CCNCC2)C(C)(C)CO)c(O)c1. The lowest BCUT2D eigenvalue weighted by Crippen LogP contribution is -2.49. The molecule has 0 aromatic heterocycles. The largest absolute Gasteiger partial charge is 0.508 e. The van der Waals surface area contributed by atoms with E-state index >= 15 is 0 Å². The Bertz CT molecular complexity index is 454. The molecule has 1 heterocycles. The highest BCUT2D eigenvalue weighted by atomic mass is 16.3. The van der Waals surface area contributed by atoms with E-state index in [0.717, 1.165) is 37.3 Å². The molecule has 3 N–H and O–H groups in total. The lowest BCUT2D eigenvalue weighted by atomic mass is 9.79. The van der Waals surface area contributed by atoms with Gasteiger partial charge in [0.2, 0.25) is 0 Å². The van der Waals surface area contributed by atoms with Crippen molar-refractivity contribution in [2.75, 3.05) is 32.8 Å². The van der Waals surface area contributed by atoms with Crippen molar-refractivity contribution in [3.8, 4) is 5.75 Å². The van der Waals surface area contributed by atoms with Crippen molar-refractivity contribution in [3.05, 3.63) is 29.3 Å². The number of nitrogens with zero attached hydrogens (tertiary/aromatic N) is 1. The van der Waals surface area contributed by atoms with Gasteiger partial charge in [-0.25, -0.2) is 0 Å². The van der Waals surface area contributed by atoms with Crippen LogP contribution >= 0.6 is 0 Å². The van der Waals surface area contributed by atoms with Crippen LogP contribution in [0.15, 0.2) is 18.2 Å². The van der Waals surface area contributed by atoms with Crippen molar-refractivity contribution >= 4 is 0 Å². The quantitative estimate of drug-likeness (QED) is 0.784. The number of nitrogens with one attached hydrogen (secondary N) is 1. The summed E-state index contributed by atoms with van der Waals surface area (Å²) in [6, 6.07) is 5.85. The number of piperazine rings is 1. The molecule has 0 amide bonds. The Hall–Kier alpha value is -1.10. The minimum atomic E-state index is -0.302. The van der Waals surface area contributed by atoms with E-state index in [1.165, 1.54) is 0 Å². The van der Waals surface area contributed by atoms with Crippen molar-refractivity contribution in [2.24, 2.45) is 5.41 Å². The maximum Gasteiger partial charge on any atom is 0.120 e. The predicted octanol–water partition coefficient (Wildman–Crippen LogP) is 1.67. The van der Waals surface area contributed by atoms with Crippen LogP contribution in [0.3, 0.4) is 0 Å². The van der Waals surface area contributed by atoms with E-state index in [1.807, 2.05) is 19.1 Å². The smallest absolute Gasteiger partial charge is 0.120 e. The number of hydrogen-bond donors (Lipinski definition) is 3. The number of aromatic hydroxyl groups is 1. The van der Waals surface area contributed by atoms with E-state index in [2.05, 4.69) is 24.1 Å². The maximum absolute atomic E-state index is 10.3. The summed E-state index contributed by atoms with van der Waals surface area (Å²) in [6.07, 6.45) is 0. The predicted molar refractivity (Wildman–Crippen MR) is 80.9 cm³/mol. The molecule has 1 aromatic rings. The normalized spacial score (nSPS) is 19.0. The third-order valence-corrected chi connectivity index (χ3v) is 4.14. The topological polar surface area (TPSA) is 55.7 Å². The first kappa shape index (κ1) is 15.3. The van der Waals surface area contributed by atoms with E-state index in [4.69, 9.17) is 0 Å². The maximum atomic E-state index is 10.3. The van der Waals surface area contributed by atoms with Gasteiger partial charge < -0.3 is 15.5 Å². The van der Waals surface area contributed by atoms with Gasteiger partial charge in [-0.3, -0.25) is 4.90 Å². The summed E-state index contributed by atoms with van der Waals surface area (Å²) in [4.78, 5) is 2.36. The monoisotopic (exact) mass is 278 g/mol. The standard InChI is InChI=1S/C16H26N2O2/c1-12-4-5-13(14(20)10-12)15(16(2,3)11-19)18-8-6-17-7-9-18/h4-5,10,15,17,19-20H,6-9,11H2,1-3H3/t15-/m0/s1. The molecule has 0 spiro atoms. The summed E-state index contributed by atoms with van der Waals surface area (Å²) < 4.78 is 0. The third-order valence-electron chi connectivity index (χ3n) is 4.14. The fourth-order valence-electron chi connectivity index (χ4n) is 3.02. The van der Waals surface area contributed by atoms with E-state index in [9.17, 15) is 10.2 Å². The number of aliphatic hydroxyl groups is 1. The second-order valence-corrected chi connectivity index (χ2v) is 6.40. The Morgan fingerprint density at radius 1 is 1.30 bits per heavy atom. The second-order valence-electron chi connectivity index (χ2n) is 6.40. The van der Waals surface area contributed by atoms with Crippen molar-refractivity contribution in [3.63, 3.8) is 0 Å². The zero-order chi connectivity index (χ0) is 14.8. The molecular weight excluding hydrogens is 252 g/mol. The minimum absolute atomic E-state index is 0.0233. The van der Waals surface area contributed by atoms with Gasteiger partial charge in [0.25, 0.3) is 0 Å². The lowest BCUT2D eigenvalue weighted by molar-refractivity contribution is 0.0293. The van der Waals surface area contributed by atoms with Crippen molar-refractivity contribution < 1.29 is 10.2 Å². The molecule has 0 unspecified atom stereocenters. The van der Waals surface area contributed by atoms with Crippen LogP contribution in [0.25, 0.3) is 0 Å². The first-order valence-electron chi connectivity index (χ1n) is 7.31. The number of aliphatic hydroxyl groups excluding tert-OH is 1. The van der Waals surface area contributed by atoms with Gasteiger partial charge in [-0.15, -0.1) is 0 Å². The van der Waals surface area contributed by atoms with Gasteiger partial charge in [0.15, 0.2) is 0 Å². The van der Waals surface area contributed by atoms with Crippen molar-refractivity contribution in [2.45, 2.75) is 26.8 Å². The zero-order valence-electron chi connectivity index (χ0n) is 12.7. The first-order chi connectivity index (χ1) is 9.45. The minimum Gasteiger partial charge on any atom is -0.508 e. The molecule has 4 heteroatoms. The fraction of sp³-hybridized carbons (Fsp3) is 0.625. The highest BCUT2D eigenvalue weighted by molar-refractivity contribution is 5.39. The summed E-state index contributed by atoms with van der Waals surface area (Å²) in [6.45, 7) is 9.94. The van der Waals surface area contributed by atoms with Gasteiger partial charge in [0.05, 0.1) is 0 Å². The number of phenolic OH excluding ortho intramolecular Hbond substituents is 1. The Kier molecular flexibility index (Phi) is 4.68. The van der Waals surface area contributed by atoms with E-state index < -0.39 is 0 Å². The van der Waals surface area contributed by atoms with Crippen LogP contribution in [0.4, 0.5) is 0 Å². The summed E-state index contributed by atoms with van der Waals surface area (Å²) >= 11 is 0. The van der Waals surface area contributed by atoms with Crippen molar-refractivity contribution in [1.29, 1.82) is 0 Å². The van der Waals surface area contributed by atoms with E-state index in [1.54, 1.807) is 6.07 Å². The molecule has 0 bridgehead atoms. The number of aryl methyl sites for hydroxylation is 1. The van der Waals surface area contributed by atoms with Crippen LogP contribution in [-0.2, 0) is 0 Å². The molecule has 4 nitrogen and oxygen atoms in total. The molecule has 1 aliphatic heterocycles. The molecule has 20 heavy (non-hydrogen) atoms. The molecule has 1 fully saturated rings. The molecule has 112 valence electrons.